The van der Waals surface area contributed by atoms with Gasteiger partial charge in [-0.1, -0.05) is 121 Å². The molecule has 0 unspecified atom stereocenters. The molecule has 4 aromatic heterocycles. The summed E-state index contributed by atoms with van der Waals surface area (Å²) < 4.78 is 6.99. The lowest BCUT2D eigenvalue weighted by Gasteiger charge is -2.20. The summed E-state index contributed by atoms with van der Waals surface area (Å²) in [6.07, 6.45) is 0. The monoisotopic (exact) mass is 708 g/mol. The molecule has 0 atom stereocenters. The molecule has 6 nitrogen and oxygen atoms in total. The minimum Gasteiger partial charge on any atom is -0.309 e. The minimum absolute atomic E-state index is 0.577. The number of aromatic nitrogens is 6. The van der Waals surface area contributed by atoms with Gasteiger partial charge in [-0.3, -0.25) is 9.13 Å². The number of hydrogen-bond donors (Lipinski definition) is 0. The van der Waals surface area contributed by atoms with E-state index < -0.39 is 0 Å². The van der Waals surface area contributed by atoms with E-state index in [1.807, 2.05) is 30.0 Å². The molecule has 7 heteroatoms. The van der Waals surface area contributed by atoms with Crippen molar-refractivity contribution in [1.82, 2.24) is 28.7 Å². The second-order valence-corrected chi connectivity index (χ2v) is 14.8. The van der Waals surface area contributed by atoms with Gasteiger partial charge in [-0.05, 0) is 60.7 Å². The quantitative estimate of drug-likeness (QED) is 0.183. The first kappa shape index (κ1) is 29.6. The first-order valence-corrected chi connectivity index (χ1v) is 18.9. The molecule has 7 aromatic carbocycles. The van der Waals surface area contributed by atoms with Crippen molar-refractivity contribution in [1.29, 1.82) is 0 Å². The van der Waals surface area contributed by atoms with E-state index in [1.54, 1.807) is 0 Å². The molecule has 0 radical (unpaired) electrons. The highest BCUT2D eigenvalue weighted by Gasteiger charge is 2.29. The maximum Gasteiger partial charge on any atom is 0.239 e. The smallest absolute Gasteiger partial charge is 0.239 e. The molecular formula is C47H28N6S. The largest absolute Gasteiger partial charge is 0.309 e. The first-order valence-electron chi connectivity index (χ1n) is 18.0. The predicted octanol–water partition coefficient (Wildman–Crippen LogP) is 11.8. The van der Waals surface area contributed by atoms with Crippen LogP contribution in [0, 0.1) is 0 Å². The molecule has 0 saturated heterocycles. The van der Waals surface area contributed by atoms with E-state index in [9.17, 15) is 0 Å². The summed E-state index contributed by atoms with van der Waals surface area (Å²) in [5, 5.41) is 6.05. The van der Waals surface area contributed by atoms with Crippen LogP contribution in [0.5, 0.6) is 0 Å². The van der Waals surface area contributed by atoms with Gasteiger partial charge in [-0.15, -0.1) is 0 Å². The second kappa shape index (κ2) is 11.3. The number of nitrogens with zero attached hydrogens (tertiary/aromatic N) is 6. The van der Waals surface area contributed by atoms with E-state index in [4.69, 9.17) is 15.0 Å². The van der Waals surface area contributed by atoms with E-state index in [2.05, 4.69) is 165 Å². The van der Waals surface area contributed by atoms with Crippen molar-refractivity contribution in [3.63, 3.8) is 0 Å². The van der Waals surface area contributed by atoms with Crippen molar-refractivity contribution < 1.29 is 0 Å². The third-order valence-electron chi connectivity index (χ3n) is 10.7. The maximum atomic E-state index is 5.32. The topological polar surface area (TPSA) is 53.5 Å². The normalized spacial score (nSPS) is 12.4. The van der Waals surface area contributed by atoms with Crippen molar-refractivity contribution in [2.75, 3.05) is 0 Å². The summed E-state index contributed by atoms with van der Waals surface area (Å²) in [5.41, 5.74) is 9.74. The number of benzene rings is 7. The van der Waals surface area contributed by atoms with E-state index in [0.29, 0.717) is 17.6 Å². The fourth-order valence-corrected chi connectivity index (χ4v) is 9.49. The van der Waals surface area contributed by atoms with Crippen LogP contribution in [-0.2, 0) is 0 Å². The van der Waals surface area contributed by atoms with Gasteiger partial charge >= 0.3 is 0 Å². The van der Waals surface area contributed by atoms with E-state index in [0.717, 1.165) is 39.1 Å². The number of para-hydroxylation sites is 5. The van der Waals surface area contributed by atoms with Crippen molar-refractivity contribution in [3.8, 4) is 40.1 Å². The number of hydrogen-bond acceptors (Lipinski definition) is 4. The lowest BCUT2D eigenvalue weighted by atomic mass is 10.1. The Bertz CT molecular complexity index is 3250. The zero-order valence-corrected chi connectivity index (χ0v) is 29.6. The summed E-state index contributed by atoms with van der Waals surface area (Å²) in [6.45, 7) is 0. The van der Waals surface area contributed by atoms with Gasteiger partial charge in [0, 0.05) is 53.5 Å². The molecule has 1 aliphatic heterocycles. The van der Waals surface area contributed by atoms with Crippen molar-refractivity contribution >= 4 is 66.4 Å². The average molecular weight is 709 g/mol. The molecule has 0 amide bonds. The Morgan fingerprint density at radius 1 is 0.389 bits per heavy atom. The van der Waals surface area contributed by atoms with Crippen LogP contribution < -0.4 is 0 Å². The van der Waals surface area contributed by atoms with Crippen LogP contribution in [0.1, 0.15) is 0 Å². The molecule has 0 saturated carbocycles. The van der Waals surface area contributed by atoms with Crippen LogP contribution in [-0.4, -0.2) is 28.7 Å². The predicted molar refractivity (Wildman–Crippen MR) is 220 cm³/mol. The molecule has 1 aliphatic rings. The van der Waals surface area contributed by atoms with E-state index in [-0.39, 0.29) is 0 Å². The van der Waals surface area contributed by atoms with Crippen LogP contribution in [0.25, 0.3) is 94.7 Å². The molecule has 11 aromatic rings. The zero-order chi connectivity index (χ0) is 35.3. The molecule has 0 spiro atoms. The molecule has 252 valence electrons. The Balaban J connectivity index is 1.12. The third-order valence-corrected chi connectivity index (χ3v) is 11.8. The van der Waals surface area contributed by atoms with Crippen molar-refractivity contribution in [3.05, 3.63) is 170 Å². The molecule has 0 aliphatic carbocycles. The van der Waals surface area contributed by atoms with Gasteiger partial charge < -0.3 is 4.57 Å². The maximum absolute atomic E-state index is 5.32. The summed E-state index contributed by atoms with van der Waals surface area (Å²) in [5.74, 6) is 1.82. The SMILES string of the molecule is c1ccc(-c2nc(-c3ccc(-n4c5ccccc5c5ccccc54)cc3)nc(-n3c4ccccc4c4c5cccc6c5n(c43)-c3ccccc3S6)n2)cc1. The standard InChI is InChI=1S/C47H28N6S/c1-2-13-29(14-3-1)44-48-45(30-25-27-31(28-26-30)51-36-19-7-4-15-32(36)33-16-5-8-20-37(33)51)50-47(49-44)53-38-21-9-6-17-34(38)42-35-18-12-24-41-43(35)52(46(42)53)39-22-10-11-23-40(39)54-41/h1-28H. The summed E-state index contributed by atoms with van der Waals surface area (Å²) in [6, 6.07) is 59.9. The summed E-state index contributed by atoms with van der Waals surface area (Å²) in [4.78, 5) is 18.2. The van der Waals surface area contributed by atoms with Crippen LogP contribution in [0.4, 0.5) is 0 Å². The van der Waals surface area contributed by atoms with Crippen molar-refractivity contribution in [2.24, 2.45) is 0 Å². The Labute approximate surface area is 313 Å². The fourth-order valence-electron chi connectivity index (χ4n) is 8.40. The van der Waals surface area contributed by atoms with E-state index >= 15 is 0 Å². The van der Waals surface area contributed by atoms with Crippen LogP contribution in [0.2, 0.25) is 0 Å². The molecule has 0 fully saturated rings. The molecular weight excluding hydrogens is 681 g/mol. The summed E-state index contributed by atoms with van der Waals surface area (Å²) >= 11 is 1.83. The Kier molecular flexibility index (Phi) is 6.18. The fraction of sp³-hybridized carbons (Fsp3) is 0. The van der Waals surface area contributed by atoms with Crippen LogP contribution in [0.3, 0.4) is 0 Å². The molecule has 0 bridgehead atoms. The Morgan fingerprint density at radius 2 is 0.944 bits per heavy atom. The van der Waals surface area contributed by atoms with Crippen LogP contribution >= 0.6 is 11.8 Å². The number of rotatable bonds is 4. The van der Waals surface area contributed by atoms with Gasteiger partial charge in [-0.2, -0.15) is 9.97 Å². The van der Waals surface area contributed by atoms with Gasteiger partial charge in [0.1, 0.15) is 5.65 Å². The lowest BCUT2D eigenvalue weighted by molar-refractivity contribution is 0.927. The van der Waals surface area contributed by atoms with Crippen molar-refractivity contribution in [2.45, 2.75) is 9.79 Å². The van der Waals surface area contributed by atoms with Gasteiger partial charge in [-0.25, -0.2) is 4.98 Å². The second-order valence-electron chi connectivity index (χ2n) is 13.7. The number of fused-ring (bicyclic) bond motifs is 10. The highest BCUT2D eigenvalue weighted by atomic mass is 32.2. The first-order chi connectivity index (χ1) is 26.8. The summed E-state index contributed by atoms with van der Waals surface area (Å²) in [7, 11) is 0. The van der Waals surface area contributed by atoms with E-state index in [1.165, 1.54) is 47.9 Å². The minimum atomic E-state index is 0.577. The molecule has 5 heterocycles. The zero-order valence-electron chi connectivity index (χ0n) is 28.8. The average Bonchev–Trinajstić information content (AvgIpc) is 3.88. The van der Waals surface area contributed by atoms with Crippen LogP contribution in [0.15, 0.2) is 180 Å². The van der Waals surface area contributed by atoms with Gasteiger partial charge in [0.25, 0.3) is 0 Å². The Morgan fingerprint density at radius 3 is 1.67 bits per heavy atom. The van der Waals surface area contributed by atoms with Gasteiger partial charge in [0.05, 0.1) is 27.8 Å². The Hall–Kier alpha value is -6.96. The third kappa shape index (κ3) is 4.15. The lowest BCUT2D eigenvalue weighted by Crippen LogP contribution is -2.10. The highest BCUT2D eigenvalue weighted by Crippen LogP contribution is 2.49. The molecule has 54 heavy (non-hydrogen) atoms. The molecule has 12 rings (SSSR count). The van der Waals surface area contributed by atoms with Gasteiger partial charge in [0.2, 0.25) is 5.95 Å². The highest BCUT2D eigenvalue weighted by molar-refractivity contribution is 7.99. The molecule has 0 N–H and O–H groups in total. The van der Waals surface area contributed by atoms with Gasteiger partial charge in [0.15, 0.2) is 11.6 Å².